The molecule has 1 aromatic carbocycles. The van der Waals surface area contributed by atoms with Gasteiger partial charge >= 0.3 is 0 Å². The Morgan fingerprint density at radius 1 is 1.14 bits per heavy atom. The van der Waals surface area contributed by atoms with E-state index in [9.17, 15) is 8.42 Å². The molecule has 0 spiro atoms. The minimum absolute atomic E-state index is 0.179. The molecule has 3 N–H and O–H groups in total. The highest BCUT2D eigenvalue weighted by Crippen LogP contribution is 2.44. The number of rotatable bonds is 8. The molecule has 2 fully saturated rings. The molecule has 0 heterocycles. The zero-order valence-electron chi connectivity index (χ0n) is 12.0. The highest BCUT2D eigenvalue weighted by atomic mass is 32.2. The average molecular weight is 326 g/mol. The lowest BCUT2D eigenvalue weighted by atomic mass is 10.1. The van der Waals surface area contributed by atoms with Crippen LogP contribution in [-0.4, -0.2) is 26.0 Å². The number of sulfonamides is 1. The van der Waals surface area contributed by atoms with Gasteiger partial charge in [0.2, 0.25) is 10.0 Å². The second-order valence-corrected chi connectivity index (χ2v) is 9.10. The lowest BCUT2D eigenvalue weighted by molar-refractivity contribution is 0.472. The van der Waals surface area contributed by atoms with Crippen molar-refractivity contribution in [1.82, 2.24) is 4.72 Å². The highest BCUT2D eigenvalue weighted by molar-refractivity contribution is 8.00. The number of benzene rings is 1. The second-order valence-electron chi connectivity index (χ2n) is 6.05. The molecule has 2 aliphatic carbocycles. The number of anilines is 1. The molecular formula is C15H22N2O2S2. The number of thioether (sulfide) groups is 1. The molecule has 6 heteroatoms. The van der Waals surface area contributed by atoms with Crippen molar-refractivity contribution >= 4 is 27.5 Å². The van der Waals surface area contributed by atoms with E-state index in [4.69, 9.17) is 5.73 Å². The van der Waals surface area contributed by atoms with E-state index in [1.807, 2.05) is 24.3 Å². The average Bonchev–Trinajstić information content (AvgIpc) is 3.30. The molecule has 0 atom stereocenters. The quantitative estimate of drug-likeness (QED) is 0.568. The van der Waals surface area contributed by atoms with Crippen LogP contribution in [0.2, 0.25) is 0 Å². The summed E-state index contributed by atoms with van der Waals surface area (Å²) in [6, 6.07) is 7.74. The molecule has 0 bridgehead atoms. The Labute approximate surface area is 130 Å². The number of nitrogens with two attached hydrogens (primary N) is 1. The van der Waals surface area contributed by atoms with Gasteiger partial charge in [0.25, 0.3) is 0 Å². The molecule has 116 valence electrons. The van der Waals surface area contributed by atoms with Gasteiger partial charge in [-0.25, -0.2) is 13.1 Å². The van der Waals surface area contributed by atoms with Crippen molar-refractivity contribution in [1.29, 1.82) is 0 Å². The zero-order chi connectivity index (χ0) is 14.9. The van der Waals surface area contributed by atoms with E-state index in [0.29, 0.717) is 17.6 Å². The minimum Gasteiger partial charge on any atom is -0.399 e. The van der Waals surface area contributed by atoms with Gasteiger partial charge in [-0.2, -0.15) is 0 Å². The van der Waals surface area contributed by atoms with Crippen LogP contribution in [0.1, 0.15) is 25.7 Å². The lowest BCUT2D eigenvalue weighted by Crippen LogP contribution is -2.39. The van der Waals surface area contributed by atoms with Crippen LogP contribution in [0, 0.1) is 11.8 Å². The summed E-state index contributed by atoms with van der Waals surface area (Å²) < 4.78 is 27.4. The molecule has 4 nitrogen and oxygen atoms in total. The monoisotopic (exact) mass is 326 g/mol. The Morgan fingerprint density at radius 2 is 1.71 bits per heavy atom. The normalized spacial score (nSPS) is 19.1. The van der Waals surface area contributed by atoms with Crippen molar-refractivity contribution in [2.45, 2.75) is 36.6 Å². The number of hydrogen-bond donors (Lipinski definition) is 2. The summed E-state index contributed by atoms with van der Waals surface area (Å²) in [5, 5.41) is 0. The van der Waals surface area contributed by atoms with E-state index in [-0.39, 0.29) is 11.8 Å². The summed E-state index contributed by atoms with van der Waals surface area (Å²) in [6.07, 6.45) is 4.74. The van der Waals surface area contributed by atoms with Gasteiger partial charge in [0.15, 0.2) is 0 Å². The summed E-state index contributed by atoms with van der Waals surface area (Å²) in [6.45, 7) is 0. The highest BCUT2D eigenvalue weighted by Gasteiger charge is 2.43. The predicted molar refractivity (Wildman–Crippen MR) is 87.7 cm³/mol. The van der Waals surface area contributed by atoms with Crippen LogP contribution in [0.25, 0.3) is 0 Å². The van der Waals surface area contributed by atoms with Crippen molar-refractivity contribution in [3.63, 3.8) is 0 Å². The van der Waals surface area contributed by atoms with Crippen molar-refractivity contribution in [3.8, 4) is 0 Å². The SMILES string of the molecule is Nc1ccc(SCCS(=O)(=O)NC(C2CC2)C2CC2)cc1. The van der Waals surface area contributed by atoms with Gasteiger partial charge in [-0.15, -0.1) is 11.8 Å². The fraction of sp³-hybridized carbons (Fsp3) is 0.600. The molecule has 0 aliphatic heterocycles. The van der Waals surface area contributed by atoms with E-state index in [1.165, 1.54) is 25.7 Å². The summed E-state index contributed by atoms with van der Waals surface area (Å²) >= 11 is 1.56. The smallest absolute Gasteiger partial charge is 0.212 e. The van der Waals surface area contributed by atoms with Crippen LogP contribution < -0.4 is 10.5 Å². The maximum Gasteiger partial charge on any atom is 0.212 e. The maximum atomic E-state index is 12.2. The fourth-order valence-electron chi connectivity index (χ4n) is 2.59. The molecule has 1 aromatic rings. The molecule has 21 heavy (non-hydrogen) atoms. The molecule has 3 rings (SSSR count). The fourth-order valence-corrected chi connectivity index (χ4v) is 5.28. The van der Waals surface area contributed by atoms with Crippen molar-refractivity contribution in [2.24, 2.45) is 11.8 Å². The zero-order valence-corrected chi connectivity index (χ0v) is 13.6. The first-order valence-corrected chi connectivity index (χ1v) is 10.2. The first kappa shape index (κ1) is 15.2. The molecule has 0 saturated heterocycles. The van der Waals surface area contributed by atoms with E-state index >= 15 is 0 Å². The van der Waals surface area contributed by atoms with Gasteiger partial charge < -0.3 is 5.73 Å². The number of nitrogen functional groups attached to an aromatic ring is 1. The van der Waals surface area contributed by atoms with Gasteiger partial charge in [0.05, 0.1) is 5.75 Å². The van der Waals surface area contributed by atoms with Crippen molar-refractivity contribution < 1.29 is 8.42 Å². The van der Waals surface area contributed by atoms with Crippen LogP contribution in [0.3, 0.4) is 0 Å². The standard InChI is InChI=1S/C15H22N2O2S2/c16-13-5-7-14(8-6-13)20-9-10-21(18,19)17-15(11-1-2-11)12-3-4-12/h5-8,11-12,15,17H,1-4,9-10,16H2. The van der Waals surface area contributed by atoms with E-state index in [1.54, 1.807) is 11.8 Å². The van der Waals surface area contributed by atoms with Crippen LogP contribution in [0.5, 0.6) is 0 Å². The van der Waals surface area contributed by atoms with Crippen molar-refractivity contribution in [3.05, 3.63) is 24.3 Å². The van der Waals surface area contributed by atoms with E-state index in [2.05, 4.69) is 4.72 Å². The summed E-state index contributed by atoms with van der Waals surface area (Å²) in [5.41, 5.74) is 6.36. The maximum absolute atomic E-state index is 12.2. The Balaban J connectivity index is 1.47. The Bertz CT molecular complexity index is 566. The molecule has 0 radical (unpaired) electrons. The van der Waals surface area contributed by atoms with Crippen LogP contribution >= 0.6 is 11.8 Å². The van der Waals surface area contributed by atoms with E-state index in [0.717, 1.165) is 10.6 Å². The first-order chi connectivity index (χ1) is 10.0. The predicted octanol–water partition coefficient (Wildman–Crippen LogP) is 2.47. The summed E-state index contributed by atoms with van der Waals surface area (Å²) in [4.78, 5) is 1.06. The van der Waals surface area contributed by atoms with Crippen LogP contribution in [-0.2, 0) is 10.0 Å². The van der Waals surface area contributed by atoms with Crippen molar-refractivity contribution in [2.75, 3.05) is 17.2 Å². The summed E-state index contributed by atoms with van der Waals surface area (Å²) in [5.74, 6) is 1.94. The van der Waals surface area contributed by atoms with E-state index < -0.39 is 10.0 Å². The molecule has 0 amide bonds. The second kappa shape index (κ2) is 6.18. The Hall–Kier alpha value is -0.720. The number of hydrogen-bond acceptors (Lipinski definition) is 4. The van der Waals surface area contributed by atoms with Gasteiger partial charge in [-0.1, -0.05) is 0 Å². The lowest BCUT2D eigenvalue weighted by Gasteiger charge is -2.17. The van der Waals surface area contributed by atoms with Crippen LogP contribution in [0.4, 0.5) is 5.69 Å². The molecule has 2 saturated carbocycles. The van der Waals surface area contributed by atoms with Gasteiger partial charge in [-0.3, -0.25) is 0 Å². The van der Waals surface area contributed by atoms with Crippen LogP contribution in [0.15, 0.2) is 29.2 Å². The minimum atomic E-state index is -3.16. The number of nitrogens with one attached hydrogen (secondary N) is 1. The van der Waals surface area contributed by atoms with Gasteiger partial charge in [0.1, 0.15) is 0 Å². The Morgan fingerprint density at radius 3 is 2.24 bits per heavy atom. The topological polar surface area (TPSA) is 72.2 Å². The molecular weight excluding hydrogens is 304 g/mol. The summed E-state index contributed by atoms with van der Waals surface area (Å²) in [7, 11) is -3.16. The first-order valence-electron chi connectivity index (χ1n) is 7.52. The molecule has 0 unspecified atom stereocenters. The third-order valence-corrected chi connectivity index (χ3v) is 6.72. The Kier molecular flexibility index (Phi) is 4.47. The molecule has 0 aromatic heterocycles. The van der Waals surface area contributed by atoms with Gasteiger partial charge in [-0.05, 0) is 61.8 Å². The molecule has 2 aliphatic rings. The van der Waals surface area contributed by atoms with Gasteiger partial charge in [0, 0.05) is 22.4 Å². The third kappa shape index (κ3) is 4.63. The largest absolute Gasteiger partial charge is 0.399 e. The third-order valence-electron chi connectivity index (χ3n) is 4.08.